The Kier molecular flexibility index (Phi) is 3.93. The number of thiophene rings is 1. The van der Waals surface area contributed by atoms with E-state index in [1.165, 1.54) is 11.3 Å². The van der Waals surface area contributed by atoms with Gasteiger partial charge in [-0.3, -0.25) is 9.36 Å². The highest BCUT2D eigenvalue weighted by Crippen LogP contribution is 2.25. The van der Waals surface area contributed by atoms with Gasteiger partial charge in [-0.1, -0.05) is 17.4 Å². The lowest BCUT2D eigenvalue weighted by Gasteiger charge is -2.05. The Labute approximate surface area is 102 Å². The van der Waals surface area contributed by atoms with Crippen molar-refractivity contribution in [1.29, 1.82) is 0 Å². The second-order valence-corrected chi connectivity index (χ2v) is 5.28. The number of thiazole rings is 1. The zero-order valence-electron chi connectivity index (χ0n) is 8.89. The van der Waals surface area contributed by atoms with Crippen molar-refractivity contribution in [2.45, 2.75) is 19.4 Å². The van der Waals surface area contributed by atoms with Crippen molar-refractivity contribution in [3.63, 3.8) is 0 Å². The summed E-state index contributed by atoms with van der Waals surface area (Å²) in [5, 5.41) is 3.97. The van der Waals surface area contributed by atoms with E-state index in [0.29, 0.717) is 6.54 Å². The molecule has 16 heavy (non-hydrogen) atoms. The highest BCUT2D eigenvalue weighted by Gasteiger charge is 2.08. The first kappa shape index (κ1) is 11.6. The number of nitrogens with two attached hydrogens (primary N) is 1. The first-order valence-corrected chi connectivity index (χ1v) is 7.01. The fraction of sp³-hybridized carbons (Fsp3) is 0.364. The first-order chi connectivity index (χ1) is 7.83. The van der Waals surface area contributed by atoms with Crippen molar-refractivity contribution in [3.05, 3.63) is 32.6 Å². The molecule has 0 fully saturated rings. The Bertz CT molecular complexity index is 484. The maximum atomic E-state index is 11.7. The van der Waals surface area contributed by atoms with E-state index in [0.717, 1.165) is 30.0 Å². The summed E-state index contributed by atoms with van der Waals surface area (Å²) in [7, 11) is 0. The standard InChI is InChI=1S/C11H14N2OS2/c12-5-1-2-6-13-9(8-16-11(13)14)10-4-3-7-15-10/h3-4,7-8H,1-2,5-6,12H2. The summed E-state index contributed by atoms with van der Waals surface area (Å²) in [6.07, 6.45) is 1.93. The molecule has 0 aliphatic carbocycles. The summed E-state index contributed by atoms with van der Waals surface area (Å²) in [6, 6.07) is 4.05. The van der Waals surface area contributed by atoms with Gasteiger partial charge in [-0.05, 0) is 30.8 Å². The molecular formula is C11H14N2OS2. The smallest absolute Gasteiger partial charge is 0.307 e. The Hall–Kier alpha value is -0.910. The summed E-state index contributed by atoms with van der Waals surface area (Å²) in [5.41, 5.74) is 6.50. The Morgan fingerprint density at radius 1 is 1.31 bits per heavy atom. The molecule has 0 saturated carbocycles. The lowest BCUT2D eigenvalue weighted by Crippen LogP contribution is -2.14. The van der Waals surface area contributed by atoms with E-state index in [2.05, 4.69) is 0 Å². The molecule has 0 unspecified atom stereocenters. The summed E-state index contributed by atoms with van der Waals surface area (Å²) in [4.78, 5) is 13.0. The topological polar surface area (TPSA) is 48.0 Å². The zero-order valence-corrected chi connectivity index (χ0v) is 10.5. The molecule has 0 bridgehead atoms. The predicted molar refractivity (Wildman–Crippen MR) is 70.2 cm³/mol. The van der Waals surface area contributed by atoms with Crippen molar-refractivity contribution in [1.82, 2.24) is 4.57 Å². The maximum Gasteiger partial charge on any atom is 0.307 e. The molecule has 3 nitrogen and oxygen atoms in total. The van der Waals surface area contributed by atoms with E-state index in [9.17, 15) is 4.79 Å². The molecule has 0 aliphatic rings. The van der Waals surface area contributed by atoms with Crippen molar-refractivity contribution in [2.75, 3.05) is 6.54 Å². The van der Waals surface area contributed by atoms with Crippen LogP contribution in [0.25, 0.3) is 10.6 Å². The van der Waals surface area contributed by atoms with Crippen LogP contribution in [0.2, 0.25) is 0 Å². The molecule has 2 N–H and O–H groups in total. The van der Waals surface area contributed by atoms with Crippen LogP contribution in [0.1, 0.15) is 12.8 Å². The molecule has 5 heteroatoms. The van der Waals surface area contributed by atoms with E-state index in [-0.39, 0.29) is 4.87 Å². The number of nitrogens with zero attached hydrogens (tertiary/aromatic N) is 1. The number of rotatable bonds is 5. The molecule has 0 atom stereocenters. The van der Waals surface area contributed by atoms with E-state index in [1.54, 1.807) is 11.3 Å². The van der Waals surface area contributed by atoms with Crippen LogP contribution in [0.15, 0.2) is 27.7 Å². The SMILES string of the molecule is NCCCCn1c(-c2cccs2)csc1=O. The monoisotopic (exact) mass is 254 g/mol. The third-order valence-corrected chi connectivity index (χ3v) is 4.05. The molecule has 2 rings (SSSR count). The largest absolute Gasteiger partial charge is 0.330 e. The normalized spacial score (nSPS) is 10.8. The van der Waals surface area contributed by atoms with Gasteiger partial charge in [-0.2, -0.15) is 0 Å². The fourth-order valence-corrected chi connectivity index (χ4v) is 3.18. The molecule has 0 radical (unpaired) electrons. The van der Waals surface area contributed by atoms with Gasteiger partial charge < -0.3 is 5.73 Å². The third-order valence-electron chi connectivity index (χ3n) is 2.39. The second-order valence-electron chi connectivity index (χ2n) is 3.51. The van der Waals surface area contributed by atoms with Crippen LogP contribution < -0.4 is 10.6 Å². The summed E-state index contributed by atoms with van der Waals surface area (Å²) < 4.78 is 1.85. The van der Waals surface area contributed by atoms with E-state index >= 15 is 0 Å². The van der Waals surface area contributed by atoms with Crippen molar-refractivity contribution in [2.24, 2.45) is 5.73 Å². The van der Waals surface area contributed by atoms with Crippen LogP contribution in [-0.4, -0.2) is 11.1 Å². The average Bonchev–Trinajstić information content (AvgIpc) is 2.89. The molecule has 0 aromatic carbocycles. The van der Waals surface area contributed by atoms with Gasteiger partial charge in [-0.15, -0.1) is 11.3 Å². The summed E-state index contributed by atoms with van der Waals surface area (Å²) >= 11 is 2.94. The quantitative estimate of drug-likeness (QED) is 0.833. The van der Waals surface area contributed by atoms with Crippen LogP contribution in [0.3, 0.4) is 0 Å². The van der Waals surface area contributed by atoms with Gasteiger partial charge in [0, 0.05) is 11.9 Å². The molecule has 86 valence electrons. The van der Waals surface area contributed by atoms with Gasteiger partial charge >= 0.3 is 4.87 Å². The molecule has 0 saturated heterocycles. The van der Waals surface area contributed by atoms with E-state index in [4.69, 9.17) is 5.73 Å². The number of hydrogen-bond donors (Lipinski definition) is 1. The summed E-state index contributed by atoms with van der Waals surface area (Å²) in [6.45, 7) is 1.46. The van der Waals surface area contributed by atoms with Crippen LogP contribution in [0.4, 0.5) is 0 Å². The molecule has 2 aromatic heterocycles. The van der Waals surface area contributed by atoms with Gasteiger partial charge in [-0.25, -0.2) is 0 Å². The van der Waals surface area contributed by atoms with Crippen molar-refractivity contribution in [3.8, 4) is 10.6 Å². The fourth-order valence-electron chi connectivity index (χ4n) is 1.57. The van der Waals surface area contributed by atoms with Crippen LogP contribution >= 0.6 is 22.7 Å². The summed E-state index contributed by atoms with van der Waals surface area (Å²) in [5.74, 6) is 0. The second kappa shape index (κ2) is 5.43. The Morgan fingerprint density at radius 2 is 2.19 bits per heavy atom. The minimum absolute atomic E-state index is 0.125. The first-order valence-electron chi connectivity index (χ1n) is 5.25. The lowest BCUT2D eigenvalue weighted by molar-refractivity contribution is 0.613. The minimum Gasteiger partial charge on any atom is -0.330 e. The Morgan fingerprint density at radius 3 is 2.88 bits per heavy atom. The average molecular weight is 254 g/mol. The highest BCUT2D eigenvalue weighted by molar-refractivity contribution is 7.14. The minimum atomic E-state index is 0.125. The molecule has 2 heterocycles. The van der Waals surface area contributed by atoms with Gasteiger partial charge in [0.15, 0.2) is 0 Å². The molecule has 0 spiro atoms. The van der Waals surface area contributed by atoms with E-state index < -0.39 is 0 Å². The predicted octanol–water partition coefficient (Wildman–Crippen LogP) is 2.38. The van der Waals surface area contributed by atoms with Crippen LogP contribution in [0, 0.1) is 0 Å². The van der Waals surface area contributed by atoms with E-state index in [1.807, 2.05) is 27.5 Å². The highest BCUT2D eigenvalue weighted by atomic mass is 32.1. The van der Waals surface area contributed by atoms with Gasteiger partial charge in [0.25, 0.3) is 0 Å². The molecule has 0 amide bonds. The number of unbranched alkanes of at least 4 members (excludes halogenated alkanes) is 1. The molecule has 2 aromatic rings. The maximum absolute atomic E-state index is 11.7. The van der Waals surface area contributed by atoms with Crippen molar-refractivity contribution >= 4 is 22.7 Å². The van der Waals surface area contributed by atoms with Crippen LogP contribution in [-0.2, 0) is 6.54 Å². The third kappa shape index (κ3) is 2.42. The van der Waals surface area contributed by atoms with Crippen LogP contribution in [0.5, 0.6) is 0 Å². The number of hydrogen-bond acceptors (Lipinski definition) is 4. The zero-order chi connectivity index (χ0) is 11.4. The van der Waals surface area contributed by atoms with Gasteiger partial charge in [0.2, 0.25) is 0 Å². The Balaban J connectivity index is 2.23. The van der Waals surface area contributed by atoms with Gasteiger partial charge in [0.1, 0.15) is 0 Å². The lowest BCUT2D eigenvalue weighted by atomic mass is 10.3. The molecular weight excluding hydrogens is 240 g/mol. The van der Waals surface area contributed by atoms with Crippen molar-refractivity contribution < 1.29 is 0 Å². The van der Waals surface area contributed by atoms with Gasteiger partial charge in [0.05, 0.1) is 10.6 Å². The molecule has 0 aliphatic heterocycles. The number of aromatic nitrogens is 1.